The van der Waals surface area contributed by atoms with Crippen molar-refractivity contribution in [3.8, 4) is 0 Å². The fourth-order valence-electron chi connectivity index (χ4n) is 2.36. The molecule has 0 saturated carbocycles. The highest BCUT2D eigenvalue weighted by molar-refractivity contribution is 6.76. The minimum atomic E-state index is -1.52. The molecule has 0 aromatic heterocycles. The maximum Gasteiger partial charge on any atom is 0.197 e. The van der Waals surface area contributed by atoms with Crippen LogP contribution >= 0.6 is 0 Å². The Morgan fingerprint density at radius 3 is 1.86 bits per heavy atom. The SMILES string of the molecule is CO[Si](CCCCN)(C(C)C)C(C)C. The number of rotatable bonds is 7. The third kappa shape index (κ3) is 3.37. The van der Waals surface area contributed by atoms with E-state index in [9.17, 15) is 0 Å². The first-order valence-corrected chi connectivity index (χ1v) is 8.03. The summed E-state index contributed by atoms with van der Waals surface area (Å²) in [5.74, 6) is 0. The molecule has 0 spiro atoms. The molecule has 14 heavy (non-hydrogen) atoms. The molecule has 0 aromatic carbocycles. The van der Waals surface area contributed by atoms with Crippen LogP contribution in [0.15, 0.2) is 0 Å². The van der Waals surface area contributed by atoms with E-state index in [1.165, 1.54) is 12.5 Å². The Kier molecular flexibility index (Phi) is 6.65. The van der Waals surface area contributed by atoms with Crippen molar-refractivity contribution in [2.75, 3.05) is 13.7 Å². The van der Waals surface area contributed by atoms with Crippen molar-refractivity contribution < 1.29 is 4.43 Å². The van der Waals surface area contributed by atoms with Gasteiger partial charge < -0.3 is 10.2 Å². The molecule has 2 N–H and O–H groups in total. The van der Waals surface area contributed by atoms with E-state index in [1.807, 2.05) is 7.11 Å². The first-order chi connectivity index (χ1) is 6.51. The zero-order valence-corrected chi connectivity index (χ0v) is 11.5. The quantitative estimate of drug-likeness (QED) is 0.525. The molecular weight excluding hydrogens is 190 g/mol. The van der Waals surface area contributed by atoms with Gasteiger partial charge in [-0.2, -0.15) is 0 Å². The summed E-state index contributed by atoms with van der Waals surface area (Å²) >= 11 is 0. The Bertz CT molecular complexity index is 140. The van der Waals surface area contributed by atoms with E-state index in [1.54, 1.807) is 0 Å². The Balaban J connectivity index is 4.35. The average molecular weight is 217 g/mol. The number of hydrogen-bond acceptors (Lipinski definition) is 2. The second-order valence-electron chi connectivity index (χ2n) is 4.71. The third-order valence-corrected chi connectivity index (χ3v) is 9.16. The number of hydrogen-bond donors (Lipinski definition) is 1. The molecule has 3 heteroatoms. The van der Waals surface area contributed by atoms with E-state index >= 15 is 0 Å². The largest absolute Gasteiger partial charge is 0.419 e. The molecule has 0 atom stereocenters. The molecule has 0 heterocycles. The van der Waals surface area contributed by atoms with E-state index in [0.717, 1.165) is 13.0 Å². The summed E-state index contributed by atoms with van der Waals surface area (Å²) in [5, 5.41) is 0. The summed E-state index contributed by atoms with van der Waals surface area (Å²) in [5.41, 5.74) is 6.92. The van der Waals surface area contributed by atoms with Crippen LogP contribution in [0, 0.1) is 0 Å². The van der Waals surface area contributed by atoms with Gasteiger partial charge in [0, 0.05) is 7.11 Å². The Labute approximate surface area is 90.3 Å². The molecule has 0 rings (SSSR count). The van der Waals surface area contributed by atoms with Gasteiger partial charge in [-0.05, 0) is 30.1 Å². The lowest BCUT2D eigenvalue weighted by Crippen LogP contribution is -2.43. The summed E-state index contributed by atoms with van der Waals surface area (Å²) < 4.78 is 5.91. The molecule has 0 aromatic rings. The van der Waals surface area contributed by atoms with Gasteiger partial charge in [0.1, 0.15) is 0 Å². The molecule has 0 aliphatic carbocycles. The molecule has 0 bridgehead atoms. The maximum atomic E-state index is 5.91. The van der Waals surface area contributed by atoms with Crippen LogP contribution in [0.4, 0.5) is 0 Å². The summed E-state index contributed by atoms with van der Waals surface area (Å²) in [7, 11) is 0.381. The summed E-state index contributed by atoms with van der Waals surface area (Å²) in [6.07, 6.45) is 2.37. The van der Waals surface area contributed by atoms with Crippen molar-refractivity contribution in [1.82, 2.24) is 0 Å². The van der Waals surface area contributed by atoms with Crippen LogP contribution in [-0.2, 0) is 4.43 Å². The van der Waals surface area contributed by atoms with Crippen LogP contribution in [0.5, 0.6) is 0 Å². The molecule has 86 valence electrons. The van der Waals surface area contributed by atoms with Crippen LogP contribution < -0.4 is 5.73 Å². The third-order valence-electron chi connectivity index (χ3n) is 3.36. The second-order valence-corrected chi connectivity index (χ2v) is 9.84. The zero-order valence-electron chi connectivity index (χ0n) is 10.5. The monoisotopic (exact) mass is 217 g/mol. The number of nitrogens with two attached hydrogens (primary N) is 1. The van der Waals surface area contributed by atoms with Crippen LogP contribution in [0.2, 0.25) is 17.1 Å². The van der Waals surface area contributed by atoms with Crippen molar-refractivity contribution in [1.29, 1.82) is 0 Å². The van der Waals surface area contributed by atoms with Crippen LogP contribution in [0.3, 0.4) is 0 Å². The molecule has 0 aliphatic rings. The topological polar surface area (TPSA) is 35.2 Å². The van der Waals surface area contributed by atoms with E-state index in [4.69, 9.17) is 10.2 Å². The van der Waals surface area contributed by atoms with E-state index < -0.39 is 8.32 Å². The molecule has 0 fully saturated rings. The lowest BCUT2D eigenvalue weighted by Gasteiger charge is -2.37. The standard InChI is InChI=1S/C11H27NOSi/c1-10(2)14(13-5,11(3)4)9-7-6-8-12/h10-11H,6-9,12H2,1-5H3. The highest BCUT2D eigenvalue weighted by Crippen LogP contribution is 2.37. The maximum absolute atomic E-state index is 5.91. The van der Waals surface area contributed by atoms with Gasteiger partial charge in [-0.1, -0.05) is 34.1 Å². The highest BCUT2D eigenvalue weighted by Gasteiger charge is 2.40. The molecule has 0 saturated heterocycles. The predicted octanol–water partition coefficient (Wildman–Crippen LogP) is 3.14. The first kappa shape index (κ1) is 14.1. The normalized spacial score (nSPS) is 12.9. The Morgan fingerprint density at radius 2 is 1.57 bits per heavy atom. The minimum Gasteiger partial charge on any atom is -0.419 e. The highest BCUT2D eigenvalue weighted by atomic mass is 28.4. The van der Waals surface area contributed by atoms with E-state index in [2.05, 4.69) is 27.7 Å². The lowest BCUT2D eigenvalue weighted by molar-refractivity contribution is 0.368. The van der Waals surface area contributed by atoms with Crippen LogP contribution in [-0.4, -0.2) is 22.0 Å². The van der Waals surface area contributed by atoms with Gasteiger partial charge >= 0.3 is 0 Å². The van der Waals surface area contributed by atoms with Crippen LogP contribution in [0.1, 0.15) is 40.5 Å². The summed E-state index contributed by atoms with van der Waals surface area (Å²) in [4.78, 5) is 0. The van der Waals surface area contributed by atoms with Crippen molar-refractivity contribution >= 4 is 8.32 Å². The van der Waals surface area contributed by atoms with E-state index in [0.29, 0.717) is 11.1 Å². The fraction of sp³-hybridized carbons (Fsp3) is 1.00. The summed E-state index contributed by atoms with van der Waals surface area (Å²) in [6, 6.07) is 1.26. The predicted molar refractivity (Wildman–Crippen MR) is 66.1 cm³/mol. The molecule has 0 radical (unpaired) electrons. The fourth-order valence-corrected chi connectivity index (χ4v) is 6.80. The molecule has 2 nitrogen and oxygen atoms in total. The van der Waals surface area contributed by atoms with Crippen molar-refractivity contribution in [2.24, 2.45) is 5.73 Å². The molecule has 0 aliphatic heterocycles. The van der Waals surface area contributed by atoms with Crippen molar-refractivity contribution in [3.63, 3.8) is 0 Å². The Morgan fingerprint density at radius 1 is 1.07 bits per heavy atom. The number of unbranched alkanes of at least 4 members (excludes halogenated alkanes) is 1. The van der Waals surface area contributed by atoms with Gasteiger partial charge in [0.15, 0.2) is 8.32 Å². The van der Waals surface area contributed by atoms with Gasteiger partial charge in [-0.3, -0.25) is 0 Å². The zero-order chi connectivity index (χ0) is 11.2. The molecule has 0 unspecified atom stereocenters. The Hall–Kier alpha value is 0.137. The first-order valence-electron chi connectivity index (χ1n) is 5.76. The van der Waals surface area contributed by atoms with Gasteiger partial charge in [0.05, 0.1) is 0 Å². The van der Waals surface area contributed by atoms with Crippen molar-refractivity contribution in [2.45, 2.75) is 57.7 Å². The van der Waals surface area contributed by atoms with E-state index in [-0.39, 0.29) is 0 Å². The summed E-state index contributed by atoms with van der Waals surface area (Å²) in [6.45, 7) is 10.0. The van der Waals surface area contributed by atoms with Gasteiger partial charge in [0.25, 0.3) is 0 Å². The molecule has 0 amide bonds. The van der Waals surface area contributed by atoms with Crippen molar-refractivity contribution in [3.05, 3.63) is 0 Å². The van der Waals surface area contributed by atoms with Gasteiger partial charge in [-0.25, -0.2) is 0 Å². The minimum absolute atomic E-state index is 0.699. The molecular formula is C11H27NOSi. The average Bonchev–Trinajstić information content (AvgIpc) is 2.11. The second kappa shape index (κ2) is 6.59. The smallest absolute Gasteiger partial charge is 0.197 e. The van der Waals surface area contributed by atoms with Gasteiger partial charge in [0.2, 0.25) is 0 Å². The van der Waals surface area contributed by atoms with Crippen LogP contribution in [0.25, 0.3) is 0 Å². The lowest BCUT2D eigenvalue weighted by atomic mass is 10.3. The van der Waals surface area contributed by atoms with Gasteiger partial charge in [-0.15, -0.1) is 0 Å².